The Bertz CT molecular complexity index is 892. The number of esters is 1. The molecule has 2 aromatic rings. The zero-order valence-electron chi connectivity index (χ0n) is 14.2. The Hall–Kier alpha value is -3.59. The van der Waals surface area contributed by atoms with Crippen LogP contribution in [0.4, 0.5) is 11.4 Å². The van der Waals surface area contributed by atoms with E-state index in [-0.39, 0.29) is 10.8 Å². The Morgan fingerprint density at radius 3 is 2.30 bits per heavy atom. The van der Waals surface area contributed by atoms with E-state index >= 15 is 0 Å². The molecule has 27 heavy (non-hydrogen) atoms. The number of non-ortho nitro benzene ring substituents is 1. The molecule has 0 aliphatic rings. The molecule has 0 saturated carbocycles. The minimum atomic E-state index is -0.498. The molecule has 138 valence electrons. The normalized spacial score (nSPS) is 10.3. The number of methoxy groups -OCH3 is 1. The molecule has 0 saturated heterocycles. The molecule has 0 aliphatic carbocycles. The second-order valence-corrected chi connectivity index (χ2v) is 5.60. The van der Waals surface area contributed by atoms with Crippen molar-refractivity contribution in [3.63, 3.8) is 0 Å². The van der Waals surface area contributed by atoms with E-state index in [9.17, 15) is 19.7 Å². The Balaban J connectivity index is 1.88. The third-order valence-electron chi connectivity index (χ3n) is 3.33. The summed E-state index contributed by atoms with van der Waals surface area (Å²) >= 11 is 5.05. The summed E-state index contributed by atoms with van der Waals surface area (Å²) in [7, 11) is 1.29. The Labute approximate surface area is 160 Å². The number of carbonyl (C=O) groups is 2. The van der Waals surface area contributed by atoms with Gasteiger partial charge in [0, 0.05) is 23.9 Å². The number of nitrogens with zero attached hydrogens (tertiary/aromatic N) is 1. The zero-order valence-corrected chi connectivity index (χ0v) is 15.0. The molecule has 9 heteroatoms. The highest BCUT2D eigenvalue weighted by atomic mass is 32.1. The van der Waals surface area contributed by atoms with Gasteiger partial charge in [-0.25, -0.2) is 4.79 Å². The number of nitro benzene ring substituents is 1. The van der Waals surface area contributed by atoms with Crippen molar-refractivity contribution in [3.8, 4) is 0 Å². The maximum atomic E-state index is 11.9. The van der Waals surface area contributed by atoms with Crippen molar-refractivity contribution < 1.29 is 19.2 Å². The van der Waals surface area contributed by atoms with E-state index < -0.39 is 16.8 Å². The predicted octanol–water partition coefficient (Wildman–Crippen LogP) is 2.91. The predicted molar refractivity (Wildman–Crippen MR) is 104 cm³/mol. The summed E-state index contributed by atoms with van der Waals surface area (Å²) in [5.74, 6) is -0.911. The van der Waals surface area contributed by atoms with Crippen LogP contribution in [0.2, 0.25) is 0 Å². The molecule has 2 rings (SSSR count). The highest BCUT2D eigenvalue weighted by Gasteiger charge is 2.06. The first-order valence-corrected chi connectivity index (χ1v) is 8.03. The molecule has 0 heterocycles. The Morgan fingerprint density at radius 2 is 1.74 bits per heavy atom. The van der Waals surface area contributed by atoms with Crippen LogP contribution in [0.1, 0.15) is 15.9 Å². The standard InChI is InChI=1S/C18H15N3O5S/c1-26-17(23)13-5-7-14(8-6-13)19-18(27)20-16(22)11-4-12-2-9-15(10-3-12)21(24)25/h2-11H,1H3,(H2,19,20,22,27)/b11-4+. The molecule has 0 aromatic heterocycles. The smallest absolute Gasteiger partial charge is 0.337 e. The van der Waals surface area contributed by atoms with Gasteiger partial charge in [-0.15, -0.1) is 0 Å². The van der Waals surface area contributed by atoms with Crippen molar-refractivity contribution in [1.29, 1.82) is 0 Å². The van der Waals surface area contributed by atoms with Crippen LogP contribution in [0.5, 0.6) is 0 Å². The Morgan fingerprint density at radius 1 is 1.11 bits per heavy atom. The monoisotopic (exact) mass is 385 g/mol. The third kappa shape index (κ3) is 6.01. The van der Waals surface area contributed by atoms with Gasteiger partial charge in [0.2, 0.25) is 5.91 Å². The minimum Gasteiger partial charge on any atom is -0.465 e. The number of nitrogens with one attached hydrogen (secondary N) is 2. The van der Waals surface area contributed by atoms with Crippen LogP contribution in [0.15, 0.2) is 54.6 Å². The maximum absolute atomic E-state index is 11.9. The highest BCUT2D eigenvalue weighted by molar-refractivity contribution is 7.80. The zero-order chi connectivity index (χ0) is 19.8. The lowest BCUT2D eigenvalue weighted by Crippen LogP contribution is -2.32. The number of hydrogen-bond donors (Lipinski definition) is 2. The number of rotatable bonds is 5. The molecule has 0 unspecified atom stereocenters. The first-order valence-electron chi connectivity index (χ1n) is 7.62. The van der Waals surface area contributed by atoms with E-state index in [1.165, 1.54) is 43.5 Å². The van der Waals surface area contributed by atoms with Crippen LogP contribution in [0.25, 0.3) is 6.08 Å². The molecule has 0 aliphatic heterocycles. The fourth-order valence-corrected chi connectivity index (χ4v) is 2.22. The van der Waals surface area contributed by atoms with Crippen LogP contribution < -0.4 is 10.6 Å². The van der Waals surface area contributed by atoms with E-state index in [0.717, 1.165) is 0 Å². The molecule has 0 bridgehead atoms. The maximum Gasteiger partial charge on any atom is 0.337 e. The van der Waals surface area contributed by atoms with E-state index in [0.29, 0.717) is 16.8 Å². The average molecular weight is 385 g/mol. The number of anilines is 1. The van der Waals surface area contributed by atoms with E-state index in [1.54, 1.807) is 24.3 Å². The van der Waals surface area contributed by atoms with Crippen LogP contribution in [0.3, 0.4) is 0 Å². The summed E-state index contributed by atoms with van der Waals surface area (Å²) in [5, 5.41) is 16.0. The lowest BCUT2D eigenvalue weighted by atomic mass is 10.2. The second-order valence-electron chi connectivity index (χ2n) is 5.19. The van der Waals surface area contributed by atoms with Crippen LogP contribution in [0, 0.1) is 10.1 Å². The van der Waals surface area contributed by atoms with Crippen molar-refractivity contribution in [1.82, 2.24) is 5.32 Å². The average Bonchev–Trinajstić information content (AvgIpc) is 2.66. The molecule has 0 atom stereocenters. The number of benzene rings is 2. The van der Waals surface area contributed by atoms with Crippen molar-refractivity contribution >= 4 is 46.7 Å². The summed E-state index contributed by atoms with van der Waals surface area (Å²) in [6.07, 6.45) is 2.77. The van der Waals surface area contributed by atoms with Crippen LogP contribution in [-0.4, -0.2) is 29.0 Å². The van der Waals surface area contributed by atoms with Crippen molar-refractivity contribution in [2.75, 3.05) is 12.4 Å². The molecule has 0 fully saturated rings. The number of carbonyl (C=O) groups excluding carboxylic acids is 2. The van der Waals surface area contributed by atoms with Crippen LogP contribution >= 0.6 is 12.2 Å². The summed E-state index contributed by atoms with van der Waals surface area (Å²) in [6, 6.07) is 12.1. The van der Waals surface area contributed by atoms with E-state index in [2.05, 4.69) is 15.4 Å². The number of nitro groups is 1. The quantitative estimate of drug-likeness (QED) is 0.268. The van der Waals surface area contributed by atoms with Gasteiger partial charge in [-0.2, -0.15) is 0 Å². The van der Waals surface area contributed by atoms with Crippen molar-refractivity contribution in [2.45, 2.75) is 0 Å². The number of hydrogen-bond acceptors (Lipinski definition) is 6. The third-order valence-corrected chi connectivity index (χ3v) is 3.54. The minimum absolute atomic E-state index is 0.0276. The first-order chi connectivity index (χ1) is 12.9. The van der Waals surface area contributed by atoms with Crippen molar-refractivity contribution in [2.24, 2.45) is 0 Å². The summed E-state index contributed by atoms with van der Waals surface area (Å²) in [6.45, 7) is 0. The van der Waals surface area contributed by atoms with Gasteiger partial charge in [0.1, 0.15) is 0 Å². The summed E-state index contributed by atoms with van der Waals surface area (Å²) < 4.78 is 4.61. The molecule has 2 N–H and O–H groups in total. The largest absolute Gasteiger partial charge is 0.465 e. The van der Waals surface area contributed by atoms with Gasteiger partial charge in [-0.3, -0.25) is 20.2 Å². The number of thiocarbonyl (C=S) groups is 1. The van der Waals surface area contributed by atoms with E-state index in [1.807, 2.05) is 0 Å². The van der Waals surface area contributed by atoms with Crippen molar-refractivity contribution in [3.05, 3.63) is 75.8 Å². The molecule has 0 radical (unpaired) electrons. The van der Waals surface area contributed by atoms with Crippen LogP contribution in [-0.2, 0) is 9.53 Å². The van der Waals surface area contributed by atoms with Gasteiger partial charge in [0.05, 0.1) is 17.6 Å². The molecular weight excluding hydrogens is 370 g/mol. The summed E-state index contributed by atoms with van der Waals surface area (Å²) in [5.41, 5.74) is 1.59. The topological polar surface area (TPSA) is 111 Å². The molecule has 0 spiro atoms. The van der Waals surface area contributed by atoms with E-state index in [4.69, 9.17) is 12.2 Å². The molecular formula is C18H15N3O5S. The molecule has 2 aromatic carbocycles. The number of ether oxygens (including phenoxy) is 1. The fraction of sp³-hybridized carbons (Fsp3) is 0.0556. The van der Waals surface area contributed by atoms with Gasteiger partial charge in [0.15, 0.2) is 5.11 Å². The SMILES string of the molecule is COC(=O)c1ccc(NC(=S)NC(=O)/C=C/c2ccc([N+](=O)[O-])cc2)cc1. The van der Waals surface area contributed by atoms with Gasteiger partial charge in [-0.05, 0) is 60.3 Å². The second kappa shape index (κ2) is 9.20. The van der Waals surface area contributed by atoms with Gasteiger partial charge >= 0.3 is 5.97 Å². The molecule has 8 nitrogen and oxygen atoms in total. The number of amides is 1. The van der Waals surface area contributed by atoms with Gasteiger partial charge in [0.25, 0.3) is 5.69 Å². The lowest BCUT2D eigenvalue weighted by molar-refractivity contribution is -0.384. The molecule has 1 amide bonds. The Kier molecular flexibility index (Phi) is 6.73. The summed E-state index contributed by atoms with van der Waals surface area (Å²) in [4.78, 5) is 33.3. The highest BCUT2D eigenvalue weighted by Crippen LogP contribution is 2.13. The first kappa shape index (κ1) is 19.7. The lowest BCUT2D eigenvalue weighted by Gasteiger charge is -2.08. The van der Waals surface area contributed by atoms with Gasteiger partial charge < -0.3 is 10.1 Å². The fourth-order valence-electron chi connectivity index (χ4n) is 2.00. The van der Waals surface area contributed by atoms with Gasteiger partial charge in [-0.1, -0.05) is 0 Å².